The van der Waals surface area contributed by atoms with Gasteiger partial charge in [0.2, 0.25) is 0 Å². The van der Waals surface area contributed by atoms with Crippen LogP contribution in [0, 0.1) is 0 Å². The average molecular weight is 341 g/mol. The van der Waals surface area contributed by atoms with E-state index in [4.69, 9.17) is 14.3 Å². The normalized spacial score (nSPS) is 19.3. The average Bonchev–Trinajstić information content (AvgIpc) is 3.14. The fraction of sp³-hybridized carbons (Fsp3) is 0.412. The molecule has 24 heavy (non-hydrogen) atoms. The highest BCUT2D eigenvalue weighted by atomic mass is 32.1. The lowest BCUT2D eigenvalue weighted by molar-refractivity contribution is 0.00578. The van der Waals surface area contributed by atoms with Gasteiger partial charge in [-0.1, -0.05) is 6.07 Å². The summed E-state index contributed by atoms with van der Waals surface area (Å²) in [5, 5.41) is 0.920. The topological polar surface area (TPSA) is 49.2 Å². The van der Waals surface area contributed by atoms with Crippen molar-refractivity contribution < 1.29 is 9.31 Å². The molecule has 5 nitrogen and oxygen atoms in total. The van der Waals surface area contributed by atoms with Gasteiger partial charge in [0.05, 0.1) is 21.4 Å². The smallest absolute Gasteiger partial charge is 0.399 e. The van der Waals surface area contributed by atoms with Crippen molar-refractivity contribution >= 4 is 34.1 Å². The van der Waals surface area contributed by atoms with Crippen LogP contribution in [0.3, 0.4) is 0 Å². The first kappa shape index (κ1) is 15.8. The van der Waals surface area contributed by atoms with Crippen LogP contribution in [-0.2, 0) is 16.4 Å². The molecule has 0 radical (unpaired) electrons. The minimum Gasteiger partial charge on any atom is -0.399 e. The third kappa shape index (κ3) is 2.39. The SMILES string of the molecule is Cn1ccnc1-c1nc2cc(B3OC(C)(C)C(C)(C)O3)ccc2s1. The second-order valence-corrected chi connectivity index (χ2v) is 8.23. The molecule has 0 saturated carbocycles. The molecule has 0 N–H and O–H groups in total. The van der Waals surface area contributed by atoms with Gasteiger partial charge in [0, 0.05) is 19.4 Å². The van der Waals surface area contributed by atoms with Crippen molar-refractivity contribution in [1.82, 2.24) is 14.5 Å². The zero-order valence-corrected chi connectivity index (χ0v) is 15.3. The summed E-state index contributed by atoms with van der Waals surface area (Å²) in [5.74, 6) is 0.883. The van der Waals surface area contributed by atoms with E-state index in [0.717, 1.165) is 26.5 Å². The summed E-state index contributed by atoms with van der Waals surface area (Å²) in [7, 11) is 1.61. The van der Waals surface area contributed by atoms with E-state index in [1.54, 1.807) is 17.5 Å². The molecule has 3 heterocycles. The molecule has 1 aliphatic rings. The monoisotopic (exact) mass is 341 g/mol. The molecule has 0 atom stereocenters. The summed E-state index contributed by atoms with van der Waals surface area (Å²) < 4.78 is 15.4. The van der Waals surface area contributed by atoms with Crippen molar-refractivity contribution in [3.8, 4) is 10.8 Å². The van der Waals surface area contributed by atoms with Gasteiger partial charge in [0.25, 0.3) is 0 Å². The largest absolute Gasteiger partial charge is 0.494 e. The Morgan fingerprint density at radius 1 is 1.12 bits per heavy atom. The molecule has 4 rings (SSSR count). The number of hydrogen-bond donors (Lipinski definition) is 0. The maximum atomic E-state index is 6.13. The van der Waals surface area contributed by atoms with Gasteiger partial charge < -0.3 is 13.9 Å². The highest BCUT2D eigenvalue weighted by Crippen LogP contribution is 2.37. The highest BCUT2D eigenvalue weighted by molar-refractivity contribution is 7.21. The van der Waals surface area contributed by atoms with Crippen LogP contribution >= 0.6 is 11.3 Å². The van der Waals surface area contributed by atoms with Crippen LogP contribution in [-0.4, -0.2) is 32.9 Å². The predicted molar refractivity (Wildman–Crippen MR) is 97.5 cm³/mol. The number of rotatable bonds is 2. The van der Waals surface area contributed by atoms with Gasteiger partial charge in [-0.15, -0.1) is 11.3 Å². The Morgan fingerprint density at radius 2 is 1.83 bits per heavy atom. The highest BCUT2D eigenvalue weighted by Gasteiger charge is 2.51. The fourth-order valence-corrected chi connectivity index (χ4v) is 3.72. The minimum absolute atomic E-state index is 0.340. The summed E-state index contributed by atoms with van der Waals surface area (Å²) >= 11 is 1.64. The number of fused-ring (bicyclic) bond motifs is 1. The summed E-state index contributed by atoms with van der Waals surface area (Å²) in [4.78, 5) is 9.13. The molecule has 2 aromatic heterocycles. The first-order valence-electron chi connectivity index (χ1n) is 8.01. The van der Waals surface area contributed by atoms with Gasteiger partial charge in [0.15, 0.2) is 10.8 Å². The maximum Gasteiger partial charge on any atom is 0.494 e. The number of nitrogens with zero attached hydrogens (tertiary/aromatic N) is 3. The van der Waals surface area contributed by atoms with E-state index in [0.29, 0.717) is 0 Å². The molecule has 0 unspecified atom stereocenters. The van der Waals surface area contributed by atoms with Crippen LogP contribution in [0.4, 0.5) is 0 Å². The lowest BCUT2D eigenvalue weighted by Crippen LogP contribution is -2.41. The van der Waals surface area contributed by atoms with Gasteiger partial charge in [-0.2, -0.15) is 0 Å². The molecule has 3 aromatic rings. The number of benzene rings is 1. The van der Waals surface area contributed by atoms with Gasteiger partial charge >= 0.3 is 7.12 Å². The number of thiazole rings is 1. The van der Waals surface area contributed by atoms with Crippen LogP contribution in [0.2, 0.25) is 0 Å². The molecule has 124 valence electrons. The summed E-state index contributed by atoms with van der Waals surface area (Å²) in [6.45, 7) is 8.25. The number of aromatic nitrogens is 3. The van der Waals surface area contributed by atoms with Gasteiger partial charge in [-0.3, -0.25) is 0 Å². The predicted octanol–water partition coefficient (Wildman–Crippen LogP) is 3.00. The molecule has 1 aliphatic heterocycles. The summed E-state index contributed by atoms with van der Waals surface area (Å²) in [6.07, 6.45) is 3.72. The Morgan fingerprint density at radius 3 is 2.46 bits per heavy atom. The molecule has 0 bridgehead atoms. The first-order chi connectivity index (χ1) is 11.3. The fourth-order valence-electron chi connectivity index (χ4n) is 2.74. The summed E-state index contributed by atoms with van der Waals surface area (Å²) in [5.41, 5.74) is 1.27. The van der Waals surface area contributed by atoms with Crippen LogP contribution in [0.25, 0.3) is 21.0 Å². The third-order valence-corrected chi connectivity index (χ3v) is 5.98. The van der Waals surface area contributed by atoms with Gasteiger partial charge in [-0.05, 0) is 45.3 Å². The molecule has 1 fully saturated rings. The van der Waals surface area contributed by atoms with E-state index in [2.05, 4.69) is 50.9 Å². The van der Waals surface area contributed by atoms with Crippen molar-refractivity contribution in [3.05, 3.63) is 30.6 Å². The molecule has 0 amide bonds. The minimum atomic E-state index is -0.363. The molecular formula is C17H20BN3O2S. The summed E-state index contributed by atoms with van der Waals surface area (Å²) in [6, 6.07) is 6.20. The zero-order valence-electron chi connectivity index (χ0n) is 14.5. The van der Waals surface area contributed by atoms with Crippen molar-refractivity contribution in [2.75, 3.05) is 0 Å². The Bertz CT molecular complexity index is 900. The third-order valence-electron chi connectivity index (χ3n) is 4.95. The Hall–Kier alpha value is -1.70. The second-order valence-electron chi connectivity index (χ2n) is 7.20. The molecule has 1 aromatic carbocycles. The number of hydrogen-bond acceptors (Lipinski definition) is 5. The number of aryl methyl sites for hydroxylation is 1. The van der Waals surface area contributed by atoms with E-state index in [9.17, 15) is 0 Å². The Kier molecular flexibility index (Phi) is 3.39. The molecule has 0 aliphatic carbocycles. The molecule has 0 spiro atoms. The van der Waals surface area contributed by atoms with Crippen molar-refractivity contribution in [2.24, 2.45) is 7.05 Å². The molecule has 7 heteroatoms. The lowest BCUT2D eigenvalue weighted by Gasteiger charge is -2.32. The Balaban J connectivity index is 1.71. The van der Waals surface area contributed by atoms with E-state index in [1.807, 2.05) is 17.8 Å². The van der Waals surface area contributed by atoms with Crippen molar-refractivity contribution in [1.29, 1.82) is 0 Å². The quantitative estimate of drug-likeness (QED) is 0.673. The standard InChI is InChI=1S/C17H20BN3O2S/c1-16(2)17(3,4)23-18(22-16)11-6-7-13-12(10-11)20-15(24-13)14-19-8-9-21(14)5/h6-10H,1-5H3. The van der Waals surface area contributed by atoms with Crippen molar-refractivity contribution in [3.63, 3.8) is 0 Å². The maximum absolute atomic E-state index is 6.13. The van der Waals surface area contributed by atoms with E-state index in [1.165, 1.54) is 0 Å². The van der Waals surface area contributed by atoms with E-state index >= 15 is 0 Å². The Labute approximate surface area is 145 Å². The van der Waals surface area contributed by atoms with Crippen molar-refractivity contribution in [2.45, 2.75) is 38.9 Å². The zero-order chi connectivity index (χ0) is 17.1. The molecular weight excluding hydrogens is 321 g/mol. The van der Waals surface area contributed by atoms with Crippen LogP contribution in [0.15, 0.2) is 30.6 Å². The number of imidazole rings is 1. The van der Waals surface area contributed by atoms with Gasteiger partial charge in [-0.25, -0.2) is 9.97 Å². The lowest BCUT2D eigenvalue weighted by atomic mass is 9.79. The van der Waals surface area contributed by atoms with Crippen LogP contribution in [0.5, 0.6) is 0 Å². The van der Waals surface area contributed by atoms with Crippen LogP contribution < -0.4 is 5.46 Å². The van der Waals surface area contributed by atoms with Gasteiger partial charge in [0.1, 0.15) is 0 Å². The van der Waals surface area contributed by atoms with E-state index in [-0.39, 0.29) is 18.3 Å². The molecule has 1 saturated heterocycles. The van der Waals surface area contributed by atoms with Crippen LogP contribution in [0.1, 0.15) is 27.7 Å². The first-order valence-corrected chi connectivity index (χ1v) is 8.82. The second kappa shape index (κ2) is 5.15. The van der Waals surface area contributed by atoms with E-state index < -0.39 is 0 Å².